The van der Waals surface area contributed by atoms with Crippen LogP contribution in [0.15, 0.2) is 0 Å². The Kier molecular flexibility index (Phi) is 4.10. The van der Waals surface area contributed by atoms with E-state index >= 15 is 0 Å². The number of ketones is 1. The van der Waals surface area contributed by atoms with Gasteiger partial charge < -0.3 is 0 Å². The lowest BCUT2D eigenvalue weighted by Gasteiger charge is -2.38. The van der Waals surface area contributed by atoms with E-state index in [0.717, 1.165) is 25.7 Å². The molecule has 0 aromatic rings. The summed E-state index contributed by atoms with van der Waals surface area (Å²) in [4.78, 5) is 12.3. The highest BCUT2D eigenvalue weighted by Crippen LogP contribution is 2.40. The summed E-state index contributed by atoms with van der Waals surface area (Å²) in [5, 5.41) is -0.466. The highest BCUT2D eigenvalue weighted by molar-refractivity contribution is 7.92. The van der Waals surface area contributed by atoms with Crippen molar-refractivity contribution in [2.24, 2.45) is 11.3 Å². The molecule has 2 saturated heterocycles. The highest BCUT2D eigenvalue weighted by Gasteiger charge is 2.45. The Labute approximate surface area is 117 Å². The number of carbonyl (C=O) groups excluding carboxylic acids is 1. The molecule has 4 heteroatoms. The van der Waals surface area contributed by atoms with Crippen LogP contribution < -0.4 is 0 Å². The summed E-state index contributed by atoms with van der Waals surface area (Å²) in [5.74, 6) is 0.294. The minimum atomic E-state index is -2.93. The zero-order chi connectivity index (χ0) is 14.3. The Hall–Kier alpha value is -0.380. The number of rotatable bonds is 3. The van der Waals surface area contributed by atoms with Gasteiger partial charge in [0.1, 0.15) is 5.78 Å². The van der Waals surface area contributed by atoms with Crippen molar-refractivity contribution in [3.8, 4) is 0 Å². The zero-order valence-electron chi connectivity index (χ0n) is 12.3. The van der Waals surface area contributed by atoms with E-state index in [4.69, 9.17) is 0 Å². The Bertz CT molecular complexity index is 425. The van der Waals surface area contributed by atoms with Crippen LogP contribution in [0.1, 0.15) is 65.7 Å². The molecule has 3 nitrogen and oxygen atoms in total. The average Bonchev–Trinajstić information content (AvgIpc) is 2.23. The van der Waals surface area contributed by atoms with E-state index in [-0.39, 0.29) is 21.8 Å². The van der Waals surface area contributed by atoms with Crippen molar-refractivity contribution in [2.45, 2.75) is 76.2 Å². The topological polar surface area (TPSA) is 51.2 Å². The summed E-state index contributed by atoms with van der Waals surface area (Å²) < 4.78 is 24.3. The molecule has 2 rings (SSSR count). The van der Waals surface area contributed by atoms with E-state index in [0.29, 0.717) is 25.0 Å². The van der Waals surface area contributed by atoms with Crippen LogP contribution >= 0.6 is 0 Å². The van der Waals surface area contributed by atoms with Crippen molar-refractivity contribution in [1.82, 2.24) is 0 Å². The lowest BCUT2D eigenvalue weighted by Crippen LogP contribution is -2.45. The van der Waals surface area contributed by atoms with Crippen molar-refractivity contribution in [3.05, 3.63) is 0 Å². The maximum absolute atomic E-state index is 12.3. The van der Waals surface area contributed by atoms with Gasteiger partial charge in [0, 0.05) is 12.3 Å². The first kappa shape index (κ1) is 15.0. The molecule has 0 N–H and O–H groups in total. The number of hydrogen-bond donors (Lipinski definition) is 0. The van der Waals surface area contributed by atoms with Crippen molar-refractivity contribution >= 4 is 15.6 Å². The van der Waals surface area contributed by atoms with Gasteiger partial charge in [-0.05, 0) is 37.5 Å². The zero-order valence-corrected chi connectivity index (χ0v) is 13.1. The van der Waals surface area contributed by atoms with Gasteiger partial charge in [-0.1, -0.05) is 27.2 Å². The molecule has 0 spiro atoms. The molecule has 0 saturated carbocycles. The molecule has 2 unspecified atom stereocenters. The van der Waals surface area contributed by atoms with E-state index in [1.54, 1.807) is 0 Å². The fourth-order valence-corrected chi connectivity index (χ4v) is 5.91. The first-order valence-electron chi connectivity index (χ1n) is 7.45. The van der Waals surface area contributed by atoms with Crippen LogP contribution in [0, 0.1) is 11.3 Å². The Morgan fingerprint density at radius 1 is 1.11 bits per heavy atom. The molecular weight excluding hydrogens is 260 g/mol. The summed E-state index contributed by atoms with van der Waals surface area (Å²) in [6, 6.07) is 0. The first-order valence-corrected chi connectivity index (χ1v) is 9.06. The SMILES string of the molecule is CC(C)(C)CCC(=O)C1CC2CCCC(C1)S2(=O)=O. The minimum Gasteiger partial charge on any atom is -0.299 e. The molecular formula is C15H26O3S. The maximum Gasteiger partial charge on any atom is 0.156 e. The molecule has 0 aliphatic carbocycles. The molecule has 2 heterocycles. The van der Waals surface area contributed by atoms with Gasteiger partial charge >= 0.3 is 0 Å². The number of sulfone groups is 1. The number of hydrogen-bond acceptors (Lipinski definition) is 3. The number of fused-ring (bicyclic) bond motifs is 2. The van der Waals surface area contributed by atoms with E-state index in [1.807, 2.05) is 0 Å². The smallest absolute Gasteiger partial charge is 0.156 e. The molecule has 0 radical (unpaired) electrons. The molecule has 0 aromatic heterocycles. The predicted molar refractivity (Wildman–Crippen MR) is 76.8 cm³/mol. The normalized spacial score (nSPS) is 33.9. The van der Waals surface area contributed by atoms with Crippen molar-refractivity contribution in [2.75, 3.05) is 0 Å². The van der Waals surface area contributed by atoms with Crippen LogP contribution in [-0.2, 0) is 14.6 Å². The van der Waals surface area contributed by atoms with Gasteiger partial charge in [0.25, 0.3) is 0 Å². The molecule has 19 heavy (non-hydrogen) atoms. The van der Waals surface area contributed by atoms with Gasteiger partial charge in [0.2, 0.25) is 0 Å². The monoisotopic (exact) mass is 286 g/mol. The third kappa shape index (κ3) is 3.39. The van der Waals surface area contributed by atoms with Crippen LogP contribution in [0.2, 0.25) is 0 Å². The van der Waals surface area contributed by atoms with Crippen LogP contribution in [-0.4, -0.2) is 24.7 Å². The van der Waals surface area contributed by atoms with Crippen LogP contribution in [0.5, 0.6) is 0 Å². The molecule has 110 valence electrons. The molecule has 0 amide bonds. The maximum atomic E-state index is 12.3. The third-order valence-corrected chi connectivity index (χ3v) is 7.37. The number of Topliss-reactive ketones (excluding diaryl/α,β-unsaturated/α-hetero) is 1. The fraction of sp³-hybridized carbons (Fsp3) is 0.933. The third-order valence-electron chi connectivity index (χ3n) is 4.65. The molecule has 0 aromatic carbocycles. The minimum absolute atomic E-state index is 0.00109. The summed E-state index contributed by atoms with van der Waals surface area (Å²) in [6.45, 7) is 6.42. The van der Waals surface area contributed by atoms with Crippen LogP contribution in [0.25, 0.3) is 0 Å². The average molecular weight is 286 g/mol. The second kappa shape index (κ2) is 5.19. The van der Waals surface area contributed by atoms with Gasteiger partial charge in [0.15, 0.2) is 9.84 Å². The molecule has 2 aliphatic rings. The van der Waals surface area contributed by atoms with E-state index < -0.39 is 9.84 Å². The first-order chi connectivity index (χ1) is 8.70. The lowest BCUT2D eigenvalue weighted by molar-refractivity contribution is -0.124. The van der Waals surface area contributed by atoms with Gasteiger partial charge in [-0.3, -0.25) is 4.79 Å². The largest absolute Gasteiger partial charge is 0.299 e. The molecule has 2 fully saturated rings. The van der Waals surface area contributed by atoms with Crippen molar-refractivity contribution in [1.29, 1.82) is 0 Å². The molecule has 2 aliphatic heterocycles. The lowest BCUT2D eigenvalue weighted by atomic mass is 9.82. The van der Waals surface area contributed by atoms with Crippen molar-refractivity contribution in [3.63, 3.8) is 0 Å². The standard InChI is InChI=1S/C15H26O3S/c1-15(2,3)8-7-14(16)11-9-12-5-4-6-13(10-11)19(12,17)18/h11-13H,4-10H2,1-3H3. The quantitative estimate of drug-likeness (QED) is 0.801. The van der Waals surface area contributed by atoms with Crippen LogP contribution in [0.3, 0.4) is 0 Å². The molecule has 2 atom stereocenters. The Morgan fingerprint density at radius 2 is 1.63 bits per heavy atom. The summed E-state index contributed by atoms with van der Waals surface area (Å²) in [6.07, 6.45) is 5.21. The van der Waals surface area contributed by atoms with E-state index in [1.165, 1.54) is 0 Å². The Morgan fingerprint density at radius 3 is 2.11 bits per heavy atom. The summed E-state index contributed by atoms with van der Waals surface area (Å²) in [5.41, 5.74) is 0.173. The van der Waals surface area contributed by atoms with Crippen LogP contribution in [0.4, 0.5) is 0 Å². The Balaban J connectivity index is 1.99. The number of carbonyl (C=O) groups is 1. The predicted octanol–water partition coefficient (Wildman–Crippen LogP) is 3.13. The molecule has 2 bridgehead atoms. The highest BCUT2D eigenvalue weighted by atomic mass is 32.2. The van der Waals surface area contributed by atoms with E-state index in [2.05, 4.69) is 20.8 Å². The second-order valence-electron chi connectivity index (χ2n) is 7.46. The van der Waals surface area contributed by atoms with E-state index in [9.17, 15) is 13.2 Å². The second-order valence-corrected chi connectivity index (χ2v) is 9.97. The summed E-state index contributed by atoms with van der Waals surface area (Å²) >= 11 is 0. The fourth-order valence-electron chi connectivity index (χ4n) is 3.37. The van der Waals surface area contributed by atoms with Gasteiger partial charge in [-0.2, -0.15) is 0 Å². The van der Waals surface area contributed by atoms with Gasteiger partial charge in [-0.25, -0.2) is 8.42 Å². The summed E-state index contributed by atoms with van der Waals surface area (Å²) in [7, 11) is -2.93. The van der Waals surface area contributed by atoms with Crippen molar-refractivity contribution < 1.29 is 13.2 Å². The van der Waals surface area contributed by atoms with Gasteiger partial charge in [0.05, 0.1) is 10.5 Å². The van der Waals surface area contributed by atoms with Gasteiger partial charge in [-0.15, -0.1) is 0 Å².